The molecule has 8 heteroatoms. The molecular weight excluding hydrogens is 475 g/mol. The van der Waals surface area contributed by atoms with Crippen molar-refractivity contribution in [2.75, 3.05) is 0 Å². The number of urea groups is 1. The van der Waals surface area contributed by atoms with E-state index in [1.165, 1.54) is 19.2 Å². The van der Waals surface area contributed by atoms with Crippen molar-refractivity contribution < 1.29 is 18.0 Å². The summed E-state index contributed by atoms with van der Waals surface area (Å²) in [6.45, 7) is 1.43. The maximum atomic E-state index is 13.9. The van der Waals surface area contributed by atoms with Gasteiger partial charge in [0.2, 0.25) is 0 Å². The largest absolute Gasteiger partial charge is 0.416 e. The molecule has 0 bridgehead atoms. The number of rotatable bonds is 6. The molecule has 2 aromatic carbocycles. The number of hydrogen-bond donors (Lipinski definition) is 2. The Bertz CT molecular complexity index is 1160. The minimum atomic E-state index is -4.54. The molecule has 1 heterocycles. The molecule has 0 unspecified atom stereocenters. The third-order valence-electron chi connectivity index (χ3n) is 6.59. The first kappa shape index (κ1) is 25.0. The van der Waals surface area contributed by atoms with Gasteiger partial charge in [0.05, 0.1) is 16.3 Å². The lowest BCUT2D eigenvalue weighted by molar-refractivity contribution is -0.138. The molecule has 1 aromatic heterocycles. The highest BCUT2D eigenvalue weighted by Crippen LogP contribution is 2.40. The summed E-state index contributed by atoms with van der Waals surface area (Å²) in [6, 6.07) is 16.3. The highest BCUT2D eigenvalue weighted by Gasteiger charge is 2.42. The Morgan fingerprint density at radius 1 is 1.00 bits per heavy atom. The van der Waals surface area contributed by atoms with Gasteiger partial charge in [0.15, 0.2) is 0 Å². The van der Waals surface area contributed by atoms with Crippen LogP contribution >= 0.6 is 11.6 Å². The lowest BCUT2D eigenvalue weighted by atomic mass is 9.77. The van der Waals surface area contributed by atoms with Crippen LogP contribution in [0.15, 0.2) is 66.9 Å². The van der Waals surface area contributed by atoms with E-state index in [4.69, 9.17) is 11.6 Å². The van der Waals surface area contributed by atoms with Crippen LogP contribution in [0.25, 0.3) is 0 Å². The summed E-state index contributed by atoms with van der Waals surface area (Å²) in [6.07, 6.45) is 0.913. The van der Waals surface area contributed by atoms with E-state index in [1.54, 1.807) is 18.2 Å². The van der Waals surface area contributed by atoms with Gasteiger partial charge in [0, 0.05) is 18.7 Å². The number of pyridine rings is 1. The van der Waals surface area contributed by atoms with Gasteiger partial charge in [-0.1, -0.05) is 66.9 Å². The van der Waals surface area contributed by atoms with Crippen molar-refractivity contribution in [2.45, 2.75) is 56.8 Å². The van der Waals surface area contributed by atoms with Gasteiger partial charge in [0.1, 0.15) is 5.54 Å². The number of carbonyl (C=O) groups excluding carboxylic acids is 1. The van der Waals surface area contributed by atoms with E-state index in [0.29, 0.717) is 16.3 Å². The molecular formula is C27H27ClF3N3O. The summed E-state index contributed by atoms with van der Waals surface area (Å²) < 4.78 is 41.7. The molecule has 1 atom stereocenters. The summed E-state index contributed by atoms with van der Waals surface area (Å²) >= 11 is 6.09. The van der Waals surface area contributed by atoms with E-state index in [-0.39, 0.29) is 18.0 Å². The van der Waals surface area contributed by atoms with Crippen LogP contribution in [0.2, 0.25) is 5.02 Å². The van der Waals surface area contributed by atoms with Crippen LogP contribution in [0.5, 0.6) is 0 Å². The number of benzene rings is 2. The standard InChI is InChI=1S/C27H27ClF3N3O/c1-18-22(12-7-13-23(18)27(29,30)31)26(16-19-8-3-2-4-9-19,24-15-14-20(28)17-32-24)34-25(35)33-21-10-5-6-11-21/h2-4,7-9,12-15,17,21H,5-6,10-11,16H2,1H3,(H2,33,34,35)/t26-/m0/s1. The molecule has 0 aliphatic heterocycles. The minimum Gasteiger partial charge on any atom is -0.335 e. The first-order valence-electron chi connectivity index (χ1n) is 11.6. The van der Waals surface area contributed by atoms with Gasteiger partial charge in [-0.25, -0.2) is 4.79 Å². The summed E-state index contributed by atoms with van der Waals surface area (Å²) in [4.78, 5) is 17.8. The van der Waals surface area contributed by atoms with Crippen LogP contribution in [0.3, 0.4) is 0 Å². The number of alkyl halides is 3. The second kappa shape index (κ2) is 10.3. The first-order valence-corrected chi connectivity index (χ1v) is 12.0. The van der Waals surface area contributed by atoms with Crippen molar-refractivity contribution in [3.63, 3.8) is 0 Å². The smallest absolute Gasteiger partial charge is 0.335 e. The highest BCUT2D eigenvalue weighted by molar-refractivity contribution is 6.30. The van der Waals surface area contributed by atoms with Gasteiger partial charge in [0.25, 0.3) is 0 Å². The Balaban J connectivity index is 1.90. The number of amides is 2. The average Bonchev–Trinajstić information content (AvgIpc) is 3.32. The molecule has 4 rings (SSSR count). The normalized spacial score (nSPS) is 16.0. The Morgan fingerprint density at radius 2 is 1.69 bits per heavy atom. The molecule has 184 valence electrons. The van der Waals surface area contributed by atoms with Crippen molar-refractivity contribution in [3.8, 4) is 0 Å². The maximum absolute atomic E-state index is 13.9. The van der Waals surface area contributed by atoms with Crippen LogP contribution < -0.4 is 10.6 Å². The van der Waals surface area contributed by atoms with Crippen LogP contribution in [0, 0.1) is 6.92 Å². The third kappa shape index (κ3) is 5.61. The number of nitrogens with zero attached hydrogens (tertiary/aromatic N) is 1. The molecule has 2 N–H and O–H groups in total. The van der Waals surface area contributed by atoms with Gasteiger partial charge >= 0.3 is 12.2 Å². The topological polar surface area (TPSA) is 54.0 Å². The fourth-order valence-corrected chi connectivity index (χ4v) is 5.03. The van der Waals surface area contributed by atoms with E-state index in [2.05, 4.69) is 15.6 Å². The Hall–Kier alpha value is -3.06. The van der Waals surface area contributed by atoms with Gasteiger partial charge in [-0.3, -0.25) is 4.98 Å². The zero-order valence-electron chi connectivity index (χ0n) is 19.3. The molecule has 0 spiro atoms. The lowest BCUT2D eigenvalue weighted by Crippen LogP contribution is -2.54. The number of hydrogen-bond acceptors (Lipinski definition) is 2. The lowest BCUT2D eigenvalue weighted by Gasteiger charge is -2.37. The molecule has 2 amide bonds. The predicted molar refractivity (Wildman–Crippen MR) is 130 cm³/mol. The minimum absolute atomic E-state index is 0.0326. The van der Waals surface area contributed by atoms with Gasteiger partial charge < -0.3 is 10.6 Å². The molecule has 4 nitrogen and oxygen atoms in total. The van der Waals surface area contributed by atoms with E-state index >= 15 is 0 Å². The molecule has 1 fully saturated rings. The van der Waals surface area contributed by atoms with E-state index in [9.17, 15) is 18.0 Å². The van der Waals surface area contributed by atoms with E-state index in [1.807, 2.05) is 30.3 Å². The van der Waals surface area contributed by atoms with Gasteiger partial charge in [-0.05, 0) is 54.7 Å². The second-order valence-corrected chi connectivity index (χ2v) is 9.42. The monoisotopic (exact) mass is 501 g/mol. The summed E-state index contributed by atoms with van der Waals surface area (Å²) in [7, 11) is 0. The fourth-order valence-electron chi connectivity index (χ4n) is 4.92. The second-order valence-electron chi connectivity index (χ2n) is 8.99. The predicted octanol–water partition coefficient (Wildman–Crippen LogP) is 6.79. The highest BCUT2D eigenvalue weighted by atomic mass is 35.5. The zero-order valence-corrected chi connectivity index (χ0v) is 20.1. The first-order chi connectivity index (χ1) is 16.7. The van der Waals surface area contributed by atoms with Crippen molar-refractivity contribution in [3.05, 3.63) is 99.8 Å². The maximum Gasteiger partial charge on any atom is 0.416 e. The molecule has 35 heavy (non-hydrogen) atoms. The van der Waals surface area contributed by atoms with Crippen molar-refractivity contribution >= 4 is 17.6 Å². The summed E-state index contributed by atoms with van der Waals surface area (Å²) in [5, 5.41) is 6.45. The zero-order chi connectivity index (χ0) is 25.1. The number of nitrogens with one attached hydrogen (secondary N) is 2. The van der Waals surface area contributed by atoms with Crippen LogP contribution in [0.1, 0.15) is 53.6 Å². The Morgan fingerprint density at radius 3 is 2.31 bits per heavy atom. The third-order valence-corrected chi connectivity index (χ3v) is 6.82. The fraction of sp³-hybridized carbons (Fsp3) is 0.333. The van der Waals surface area contributed by atoms with Crippen LogP contribution in [-0.2, 0) is 18.1 Å². The molecule has 1 aliphatic carbocycles. The molecule has 0 radical (unpaired) electrons. The summed E-state index contributed by atoms with van der Waals surface area (Å²) in [5.74, 6) is 0. The Labute approximate surface area is 207 Å². The Kier molecular flexibility index (Phi) is 7.36. The van der Waals surface area contributed by atoms with Crippen molar-refractivity contribution in [1.29, 1.82) is 0 Å². The average molecular weight is 502 g/mol. The van der Waals surface area contributed by atoms with E-state index < -0.39 is 23.3 Å². The molecule has 0 saturated heterocycles. The number of aromatic nitrogens is 1. The molecule has 3 aromatic rings. The molecule has 1 aliphatic rings. The number of carbonyl (C=O) groups is 1. The van der Waals surface area contributed by atoms with Crippen molar-refractivity contribution in [2.24, 2.45) is 0 Å². The summed E-state index contributed by atoms with van der Waals surface area (Å²) in [5.41, 5.74) is -0.530. The van der Waals surface area contributed by atoms with Crippen LogP contribution in [0.4, 0.5) is 18.0 Å². The van der Waals surface area contributed by atoms with Gasteiger partial charge in [-0.15, -0.1) is 0 Å². The van der Waals surface area contributed by atoms with Crippen molar-refractivity contribution in [1.82, 2.24) is 15.6 Å². The van der Waals surface area contributed by atoms with Crippen LogP contribution in [-0.4, -0.2) is 17.1 Å². The van der Waals surface area contributed by atoms with E-state index in [0.717, 1.165) is 37.3 Å². The SMILES string of the molecule is Cc1c(C(F)(F)F)cccc1[C@](Cc1ccccc1)(NC(=O)NC1CCCC1)c1ccc(Cl)cn1. The quantitative estimate of drug-likeness (QED) is 0.390. The van der Waals surface area contributed by atoms with Gasteiger partial charge in [-0.2, -0.15) is 13.2 Å². The number of halogens is 4. The molecule has 1 saturated carbocycles.